The summed E-state index contributed by atoms with van der Waals surface area (Å²) in [6.07, 6.45) is 2.63. The Morgan fingerprint density at radius 2 is 2.30 bits per heavy atom. The van der Waals surface area contributed by atoms with Gasteiger partial charge in [-0.3, -0.25) is 14.9 Å². The number of anilines is 1. The van der Waals surface area contributed by atoms with Crippen LogP contribution >= 0.6 is 0 Å². The molecule has 108 valence electrons. The van der Waals surface area contributed by atoms with Crippen LogP contribution in [0.4, 0.5) is 11.5 Å². The summed E-state index contributed by atoms with van der Waals surface area (Å²) in [6, 6.07) is 1.64. The molecule has 1 aromatic rings. The quantitative estimate of drug-likeness (QED) is 0.671. The van der Waals surface area contributed by atoms with E-state index in [1.165, 1.54) is 6.20 Å². The van der Waals surface area contributed by atoms with Crippen LogP contribution in [0.5, 0.6) is 0 Å². The van der Waals surface area contributed by atoms with E-state index in [4.69, 9.17) is 0 Å². The zero-order valence-electron chi connectivity index (χ0n) is 11.5. The van der Waals surface area contributed by atoms with Crippen LogP contribution in [0.15, 0.2) is 12.3 Å². The molecular formula is C13H17N3O4. The van der Waals surface area contributed by atoms with Crippen LogP contribution in [0, 0.1) is 22.5 Å². The van der Waals surface area contributed by atoms with E-state index in [9.17, 15) is 20.0 Å². The fraction of sp³-hybridized carbons (Fsp3) is 0.538. The highest BCUT2D eigenvalue weighted by molar-refractivity contribution is 5.75. The van der Waals surface area contributed by atoms with Gasteiger partial charge in [0.1, 0.15) is 12.0 Å². The maximum atomic E-state index is 11.3. The van der Waals surface area contributed by atoms with E-state index in [-0.39, 0.29) is 5.69 Å². The molecule has 0 amide bonds. The van der Waals surface area contributed by atoms with Crippen LogP contribution in [0.2, 0.25) is 0 Å². The average Bonchev–Trinajstić information content (AvgIpc) is 2.38. The third-order valence-corrected chi connectivity index (χ3v) is 3.80. The smallest absolute Gasteiger partial charge is 0.311 e. The van der Waals surface area contributed by atoms with Gasteiger partial charge >= 0.3 is 5.97 Å². The number of hydrogen-bond donors (Lipinski definition) is 1. The van der Waals surface area contributed by atoms with Gasteiger partial charge in [0.15, 0.2) is 0 Å². The van der Waals surface area contributed by atoms with Crippen molar-refractivity contribution in [2.75, 3.05) is 18.0 Å². The molecule has 2 rings (SSSR count). The second kappa shape index (κ2) is 5.07. The maximum absolute atomic E-state index is 11.3. The van der Waals surface area contributed by atoms with Gasteiger partial charge in [-0.05, 0) is 32.8 Å². The highest BCUT2D eigenvalue weighted by atomic mass is 16.6. The summed E-state index contributed by atoms with van der Waals surface area (Å²) in [5.74, 6) is -0.221. The van der Waals surface area contributed by atoms with Crippen molar-refractivity contribution in [3.63, 3.8) is 0 Å². The van der Waals surface area contributed by atoms with E-state index in [0.29, 0.717) is 30.9 Å². The van der Waals surface area contributed by atoms with Crippen LogP contribution in [0.3, 0.4) is 0 Å². The SMILES string of the molecule is Cc1cc(N2CCCC(C)(C(=O)O)C2)ncc1[N+](=O)[O-]. The van der Waals surface area contributed by atoms with Gasteiger partial charge in [0, 0.05) is 18.7 Å². The van der Waals surface area contributed by atoms with E-state index in [0.717, 1.165) is 6.42 Å². The number of nitrogens with zero attached hydrogens (tertiary/aromatic N) is 3. The number of carboxylic acid groups (broad SMARTS) is 1. The summed E-state index contributed by atoms with van der Waals surface area (Å²) in [7, 11) is 0. The fourth-order valence-electron chi connectivity index (χ4n) is 2.51. The number of aliphatic carboxylic acids is 1. The van der Waals surface area contributed by atoms with Crippen LogP contribution in [0.25, 0.3) is 0 Å². The normalized spacial score (nSPS) is 22.6. The number of aryl methyl sites for hydroxylation is 1. The molecule has 0 saturated carbocycles. The van der Waals surface area contributed by atoms with Crippen molar-refractivity contribution in [3.05, 3.63) is 27.9 Å². The first-order valence-corrected chi connectivity index (χ1v) is 6.43. The Hall–Kier alpha value is -2.18. The number of aromatic nitrogens is 1. The second-order valence-electron chi connectivity index (χ2n) is 5.48. The predicted molar refractivity (Wildman–Crippen MR) is 72.8 cm³/mol. The van der Waals surface area contributed by atoms with E-state index < -0.39 is 16.3 Å². The Kier molecular flexibility index (Phi) is 3.61. The molecule has 0 aromatic carbocycles. The molecule has 1 atom stereocenters. The first-order valence-electron chi connectivity index (χ1n) is 6.43. The van der Waals surface area contributed by atoms with Crippen molar-refractivity contribution < 1.29 is 14.8 Å². The topological polar surface area (TPSA) is 96.6 Å². The number of nitro groups is 1. The lowest BCUT2D eigenvalue weighted by molar-refractivity contribution is -0.385. The highest BCUT2D eigenvalue weighted by Crippen LogP contribution is 2.32. The minimum absolute atomic E-state index is 0.0215. The van der Waals surface area contributed by atoms with Crippen molar-refractivity contribution in [2.45, 2.75) is 26.7 Å². The molecule has 7 nitrogen and oxygen atoms in total. The lowest BCUT2D eigenvalue weighted by atomic mass is 9.82. The summed E-state index contributed by atoms with van der Waals surface area (Å²) in [5, 5.41) is 20.1. The van der Waals surface area contributed by atoms with Gasteiger partial charge in [-0.15, -0.1) is 0 Å². The molecule has 20 heavy (non-hydrogen) atoms. The Balaban J connectivity index is 2.26. The Bertz CT molecular complexity index is 561. The average molecular weight is 279 g/mol. The van der Waals surface area contributed by atoms with Gasteiger partial charge in [-0.2, -0.15) is 0 Å². The molecule has 1 saturated heterocycles. The molecule has 1 aromatic heterocycles. The minimum atomic E-state index is -0.819. The van der Waals surface area contributed by atoms with E-state index in [2.05, 4.69) is 4.98 Å². The van der Waals surface area contributed by atoms with Crippen LogP contribution in [-0.4, -0.2) is 34.1 Å². The number of piperidine rings is 1. The van der Waals surface area contributed by atoms with Crippen molar-refractivity contribution >= 4 is 17.5 Å². The summed E-state index contributed by atoms with van der Waals surface area (Å²) in [4.78, 5) is 27.6. The second-order valence-corrected chi connectivity index (χ2v) is 5.48. The molecule has 1 fully saturated rings. The third-order valence-electron chi connectivity index (χ3n) is 3.80. The van der Waals surface area contributed by atoms with E-state index in [1.54, 1.807) is 19.9 Å². The Labute approximate surface area is 116 Å². The van der Waals surface area contributed by atoms with Gasteiger partial charge in [-0.1, -0.05) is 0 Å². The molecule has 0 aliphatic carbocycles. The van der Waals surface area contributed by atoms with Crippen LogP contribution in [0.1, 0.15) is 25.3 Å². The van der Waals surface area contributed by atoms with Crippen molar-refractivity contribution in [2.24, 2.45) is 5.41 Å². The van der Waals surface area contributed by atoms with Gasteiger partial charge in [0.2, 0.25) is 0 Å². The lowest BCUT2D eigenvalue weighted by Crippen LogP contribution is -2.46. The molecule has 0 bridgehead atoms. The van der Waals surface area contributed by atoms with Crippen molar-refractivity contribution in [3.8, 4) is 0 Å². The fourth-order valence-corrected chi connectivity index (χ4v) is 2.51. The third kappa shape index (κ3) is 2.56. The van der Waals surface area contributed by atoms with E-state index in [1.807, 2.05) is 4.90 Å². The minimum Gasteiger partial charge on any atom is -0.481 e. The molecule has 0 spiro atoms. The maximum Gasteiger partial charge on any atom is 0.311 e. The van der Waals surface area contributed by atoms with Gasteiger partial charge < -0.3 is 10.0 Å². The summed E-state index contributed by atoms with van der Waals surface area (Å²) < 4.78 is 0. The van der Waals surface area contributed by atoms with Gasteiger partial charge in [0.05, 0.1) is 10.3 Å². The molecule has 1 aliphatic heterocycles. The molecule has 1 unspecified atom stereocenters. The summed E-state index contributed by atoms with van der Waals surface area (Å²) >= 11 is 0. The molecule has 2 heterocycles. The first kappa shape index (κ1) is 14.2. The largest absolute Gasteiger partial charge is 0.481 e. The highest BCUT2D eigenvalue weighted by Gasteiger charge is 2.38. The summed E-state index contributed by atoms with van der Waals surface area (Å²) in [6.45, 7) is 4.46. The van der Waals surface area contributed by atoms with Crippen molar-refractivity contribution in [1.29, 1.82) is 0 Å². The first-order chi connectivity index (χ1) is 9.33. The molecule has 7 heteroatoms. The standard InChI is InChI=1S/C13H17N3O4/c1-9-6-11(14-7-10(9)16(19)20)15-5-3-4-13(2,8-15)12(17)18/h6-7H,3-5,8H2,1-2H3,(H,17,18). The molecule has 1 aliphatic rings. The van der Waals surface area contributed by atoms with E-state index >= 15 is 0 Å². The molecule has 0 radical (unpaired) electrons. The number of pyridine rings is 1. The van der Waals surface area contributed by atoms with Gasteiger partial charge in [-0.25, -0.2) is 4.98 Å². The number of carbonyl (C=O) groups is 1. The number of carboxylic acids is 1. The summed E-state index contributed by atoms with van der Waals surface area (Å²) in [5.41, 5.74) is -0.287. The Morgan fingerprint density at radius 1 is 1.60 bits per heavy atom. The number of rotatable bonds is 3. The monoisotopic (exact) mass is 279 g/mol. The predicted octanol–water partition coefficient (Wildman–Crippen LogP) is 1.99. The lowest BCUT2D eigenvalue weighted by Gasteiger charge is -2.38. The zero-order chi connectivity index (χ0) is 14.9. The Morgan fingerprint density at radius 3 is 2.85 bits per heavy atom. The molecular weight excluding hydrogens is 262 g/mol. The number of hydrogen-bond acceptors (Lipinski definition) is 5. The zero-order valence-corrected chi connectivity index (χ0v) is 11.5. The van der Waals surface area contributed by atoms with Gasteiger partial charge in [0.25, 0.3) is 5.69 Å². The van der Waals surface area contributed by atoms with Crippen LogP contribution < -0.4 is 4.90 Å². The van der Waals surface area contributed by atoms with Crippen molar-refractivity contribution in [1.82, 2.24) is 4.98 Å². The molecule has 1 N–H and O–H groups in total. The van der Waals surface area contributed by atoms with Crippen LogP contribution in [-0.2, 0) is 4.79 Å².